The minimum absolute atomic E-state index is 0.0220. The molecule has 1 aromatic heterocycles. The van der Waals surface area contributed by atoms with Crippen LogP contribution in [0.5, 0.6) is 0 Å². The molecule has 0 aliphatic heterocycles. The Balaban J connectivity index is 2.41. The van der Waals surface area contributed by atoms with Gasteiger partial charge in [0, 0.05) is 0 Å². The Morgan fingerprint density at radius 3 is 2.84 bits per heavy atom. The van der Waals surface area contributed by atoms with Gasteiger partial charge in [0.25, 0.3) is 10.0 Å². The van der Waals surface area contributed by atoms with Crippen molar-refractivity contribution in [2.24, 2.45) is 0 Å². The molecular formula is C11H9FN4O2S. The lowest BCUT2D eigenvalue weighted by atomic mass is 10.2. The van der Waals surface area contributed by atoms with Crippen LogP contribution in [0.2, 0.25) is 0 Å². The summed E-state index contributed by atoms with van der Waals surface area (Å²) in [5.74, 6) is -0.540. The Labute approximate surface area is 108 Å². The number of hydrogen-bond donors (Lipinski definition) is 2. The van der Waals surface area contributed by atoms with Gasteiger partial charge in [0.2, 0.25) is 0 Å². The van der Waals surface area contributed by atoms with Crippen molar-refractivity contribution in [1.82, 2.24) is 10.2 Å². The number of rotatable bonds is 3. The second-order valence-corrected chi connectivity index (χ2v) is 5.44. The second kappa shape index (κ2) is 4.70. The molecule has 0 aliphatic rings. The van der Waals surface area contributed by atoms with Gasteiger partial charge in [-0.2, -0.15) is 10.4 Å². The van der Waals surface area contributed by atoms with Gasteiger partial charge in [0.1, 0.15) is 17.4 Å². The van der Waals surface area contributed by atoms with Gasteiger partial charge in [0.15, 0.2) is 5.82 Å². The largest absolute Gasteiger partial charge is 0.263 e. The van der Waals surface area contributed by atoms with Crippen molar-refractivity contribution < 1.29 is 12.8 Å². The molecule has 0 unspecified atom stereocenters. The lowest BCUT2D eigenvalue weighted by molar-refractivity contribution is 0.598. The fourth-order valence-corrected chi connectivity index (χ4v) is 2.82. The lowest BCUT2D eigenvalue weighted by Crippen LogP contribution is -2.15. The van der Waals surface area contributed by atoms with Gasteiger partial charge in [-0.05, 0) is 30.7 Å². The molecule has 0 saturated carbocycles. The fourth-order valence-electron chi connectivity index (χ4n) is 1.55. The normalized spacial score (nSPS) is 11.0. The van der Waals surface area contributed by atoms with E-state index in [0.29, 0.717) is 0 Å². The minimum Gasteiger partial charge on any atom is -0.263 e. The van der Waals surface area contributed by atoms with Crippen molar-refractivity contribution in [3.05, 3.63) is 41.3 Å². The Morgan fingerprint density at radius 2 is 2.21 bits per heavy atom. The number of nitrogens with one attached hydrogen (secondary N) is 2. The van der Waals surface area contributed by atoms with E-state index >= 15 is 0 Å². The van der Waals surface area contributed by atoms with Crippen molar-refractivity contribution in [3.8, 4) is 6.07 Å². The second-order valence-electron chi connectivity index (χ2n) is 3.79. The van der Waals surface area contributed by atoms with Gasteiger partial charge in [-0.3, -0.25) is 9.82 Å². The first-order valence-corrected chi connectivity index (χ1v) is 6.65. The molecule has 2 rings (SSSR count). The quantitative estimate of drug-likeness (QED) is 0.890. The molecular weight excluding hydrogens is 271 g/mol. The smallest absolute Gasteiger partial charge is 0.263 e. The Bertz CT molecular complexity index is 761. The van der Waals surface area contributed by atoms with E-state index in [-0.39, 0.29) is 21.8 Å². The number of halogens is 1. The third-order valence-corrected chi connectivity index (χ3v) is 3.93. The highest BCUT2D eigenvalue weighted by molar-refractivity contribution is 7.92. The number of nitrogens with zero attached hydrogens (tertiary/aromatic N) is 2. The number of aromatic amines is 1. The Kier molecular flexibility index (Phi) is 3.23. The standard InChI is InChI=1S/C11H9FN4O2S/c1-7-4-9(12)2-3-10(7)19(17,18)16-11-8(5-13)6-14-15-11/h2-4,6H,1H3,(H2,14,15,16). The van der Waals surface area contributed by atoms with Crippen LogP contribution in [0, 0.1) is 24.1 Å². The third kappa shape index (κ3) is 2.56. The van der Waals surface area contributed by atoms with E-state index in [4.69, 9.17) is 5.26 Å². The van der Waals surface area contributed by atoms with Crippen LogP contribution in [0.3, 0.4) is 0 Å². The first kappa shape index (κ1) is 13.0. The number of sulfonamides is 1. The lowest BCUT2D eigenvalue weighted by Gasteiger charge is -2.08. The SMILES string of the molecule is Cc1cc(F)ccc1S(=O)(=O)Nc1[nH]ncc1C#N. The molecule has 98 valence electrons. The van der Waals surface area contributed by atoms with Crippen molar-refractivity contribution in [1.29, 1.82) is 5.26 Å². The summed E-state index contributed by atoms with van der Waals surface area (Å²) in [7, 11) is -3.90. The average Bonchev–Trinajstić information content (AvgIpc) is 2.74. The van der Waals surface area contributed by atoms with Crippen LogP contribution in [0.15, 0.2) is 29.3 Å². The monoisotopic (exact) mass is 280 g/mol. The molecule has 2 aromatic rings. The molecule has 1 aromatic carbocycles. The van der Waals surface area contributed by atoms with E-state index in [1.165, 1.54) is 13.1 Å². The van der Waals surface area contributed by atoms with E-state index in [1.807, 2.05) is 0 Å². The number of nitriles is 1. The highest BCUT2D eigenvalue weighted by Crippen LogP contribution is 2.20. The molecule has 0 atom stereocenters. The van der Waals surface area contributed by atoms with Crippen LogP contribution in [-0.4, -0.2) is 18.6 Å². The maximum Gasteiger partial charge on any atom is 0.263 e. The molecule has 6 nitrogen and oxygen atoms in total. The summed E-state index contributed by atoms with van der Waals surface area (Å²) in [4.78, 5) is -0.0626. The summed E-state index contributed by atoms with van der Waals surface area (Å²) in [6.07, 6.45) is 1.20. The maximum atomic E-state index is 13.0. The molecule has 0 radical (unpaired) electrons. The Hall–Kier alpha value is -2.40. The van der Waals surface area contributed by atoms with Gasteiger partial charge < -0.3 is 0 Å². The first-order valence-electron chi connectivity index (χ1n) is 5.16. The van der Waals surface area contributed by atoms with Crippen LogP contribution in [0.4, 0.5) is 10.2 Å². The average molecular weight is 280 g/mol. The van der Waals surface area contributed by atoms with Gasteiger partial charge >= 0.3 is 0 Å². The summed E-state index contributed by atoms with van der Waals surface area (Å²) in [6.45, 7) is 1.48. The van der Waals surface area contributed by atoms with Crippen LogP contribution < -0.4 is 4.72 Å². The predicted molar refractivity (Wildman–Crippen MR) is 65.2 cm³/mol. The highest BCUT2D eigenvalue weighted by Gasteiger charge is 2.19. The summed E-state index contributed by atoms with van der Waals surface area (Å²) in [6, 6.07) is 5.13. The summed E-state index contributed by atoms with van der Waals surface area (Å²) >= 11 is 0. The Morgan fingerprint density at radius 1 is 1.47 bits per heavy atom. The molecule has 0 aliphatic carbocycles. The van der Waals surface area contributed by atoms with E-state index in [0.717, 1.165) is 18.2 Å². The number of H-pyrrole nitrogens is 1. The topological polar surface area (TPSA) is 98.6 Å². The van der Waals surface area contributed by atoms with E-state index in [9.17, 15) is 12.8 Å². The van der Waals surface area contributed by atoms with Crippen LogP contribution in [0.25, 0.3) is 0 Å². The van der Waals surface area contributed by atoms with Crippen molar-refractivity contribution in [2.75, 3.05) is 4.72 Å². The fraction of sp³-hybridized carbons (Fsp3) is 0.0909. The van der Waals surface area contributed by atoms with Crippen LogP contribution in [0.1, 0.15) is 11.1 Å². The van der Waals surface area contributed by atoms with Gasteiger partial charge in [-0.25, -0.2) is 12.8 Å². The van der Waals surface area contributed by atoms with Gasteiger partial charge in [-0.1, -0.05) is 0 Å². The number of anilines is 1. The number of hydrogen-bond acceptors (Lipinski definition) is 4. The van der Waals surface area contributed by atoms with Crippen molar-refractivity contribution >= 4 is 15.8 Å². The van der Waals surface area contributed by atoms with E-state index < -0.39 is 15.8 Å². The maximum absolute atomic E-state index is 13.0. The molecule has 8 heteroatoms. The molecule has 19 heavy (non-hydrogen) atoms. The van der Waals surface area contributed by atoms with Gasteiger partial charge in [-0.15, -0.1) is 0 Å². The summed E-state index contributed by atoms with van der Waals surface area (Å²) in [5, 5.41) is 14.7. The summed E-state index contributed by atoms with van der Waals surface area (Å²) in [5.41, 5.74) is 0.342. The molecule has 0 spiro atoms. The van der Waals surface area contributed by atoms with Crippen molar-refractivity contribution in [2.45, 2.75) is 11.8 Å². The molecule has 1 heterocycles. The minimum atomic E-state index is -3.90. The number of benzene rings is 1. The summed E-state index contributed by atoms with van der Waals surface area (Å²) < 4.78 is 39.4. The number of aryl methyl sites for hydroxylation is 1. The molecule has 0 saturated heterocycles. The predicted octanol–water partition coefficient (Wildman–Crippen LogP) is 1.53. The van der Waals surface area contributed by atoms with Crippen LogP contribution >= 0.6 is 0 Å². The first-order chi connectivity index (χ1) is 8.94. The molecule has 0 amide bonds. The zero-order chi connectivity index (χ0) is 14.0. The zero-order valence-corrected chi connectivity index (χ0v) is 10.6. The third-order valence-electron chi connectivity index (χ3n) is 2.42. The van der Waals surface area contributed by atoms with E-state index in [2.05, 4.69) is 14.9 Å². The zero-order valence-electron chi connectivity index (χ0n) is 9.81. The molecule has 2 N–H and O–H groups in total. The molecule has 0 fully saturated rings. The molecule has 0 bridgehead atoms. The van der Waals surface area contributed by atoms with E-state index in [1.54, 1.807) is 6.07 Å². The number of aromatic nitrogens is 2. The highest BCUT2D eigenvalue weighted by atomic mass is 32.2. The van der Waals surface area contributed by atoms with Crippen molar-refractivity contribution in [3.63, 3.8) is 0 Å². The van der Waals surface area contributed by atoms with Gasteiger partial charge in [0.05, 0.1) is 11.1 Å². The van der Waals surface area contributed by atoms with Crippen LogP contribution in [-0.2, 0) is 10.0 Å².